The number of rotatable bonds is 6. The van der Waals surface area contributed by atoms with Gasteiger partial charge in [-0.05, 0) is 33.0 Å². The van der Waals surface area contributed by atoms with Crippen LogP contribution < -0.4 is 5.32 Å². The molecule has 1 N–H and O–H groups in total. The summed E-state index contributed by atoms with van der Waals surface area (Å²) in [6.45, 7) is 5.54. The highest BCUT2D eigenvalue weighted by molar-refractivity contribution is 5.18. The zero-order valence-electron chi connectivity index (χ0n) is 8.71. The van der Waals surface area contributed by atoms with Crippen molar-refractivity contribution in [3.05, 3.63) is 36.1 Å². The van der Waals surface area contributed by atoms with Gasteiger partial charge in [0, 0.05) is 6.54 Å². The van der Waals surface area contributed by atoms with Crippen LogP contribution in [0.2, 0.25) is 0 Å². The Balaban J connectivity index is 4.02. The van der Waals surface area contributed by atoms with Crippen molar-refractivity contribution in [3.8, 4) is 0 Å². The monoisotopic (exact) mass is 181 g/mol. The summed E-state index contributed by atoms with van der Waals surface area (Å²) in [5, 5.41) is 3.03. The predicted molar refractivity (Wildman–Crippen MR) is 57.6 cm³/mol. The van der Waals surface area contributed by atoms with Crippen molar-refractivity contribution < 1.29 is 4.74 Å². The molecule has 0 aromatic heterocycles. The summed E-state index contributed by atoms with van der Waals surface area (Å²) >= 11 is 0. The molecule has 2 nitrogen and oxygen atoms in total. The van der Waals surface area contributed by atoms with Crippen LogP contribution in [0.5, 0.6) is 0 Å². The SMILES string of the molecule is C\C=C/C(=C\C=C\CNC)OCC. The number of likely N-dealkylation sites (N-methyl/N-ethyl adjacent to an activating group) is 1. The summed E-state index contributed by atoms with van der Waals surface area (Å²) in [5.74, 6) is 0.900. The summed E-state index contributed by atoms with van der Waals surface area (Å²) in [6, 6.07) is 0. The van der Waals surface area contributed by atoms with E-state index in [-0.39, 0.29) is 0 Å². The molecule has 0 aromatic rings. The summed E-state index contributed by atoms with van der Waals surface area (Å²) in [4.78, 5) is 0. The molecular formula is C11H19NO. The van der Waals surface area contributed by atoms with Crippen LogP contribution in [0.15, 0.2) is 36.1 Å². The van der Waals surface area contributed by atoms with Crippen LogP contribution in [-0.2, 0) is 4.74 Å². The number of hydrogen-bond acceptors (Lipinski definition) is 2. The first-order valence-corrected chi connectivity index (χ1v) is 4.62. The topological polar surface area (TPSA) is 21.3 Å². The first-order chi connectivity index (χ1) is 6.35. The van der Waals surface area contributed by atoms with Gasteiger partial charge in [0.2, 0.25) is 0 Å². The molecule has 0 bridgehead atoms. The third kappa shape index (κ3) is 7.34. The Morgan fingerprint density at radius 3 is 2.77 bits per heavy atom. The van der Waals surface area contributed by atoms with Gasteiger partial charge in [0.1, 0.15) is 5.76 Å². The van der Waals surface area contributed by atoms with E-state index >= 15 is 0 Å². The largest absolute Gasteiger partial charge is 0.494 e. The summed E-state index contributed by atoms with van der Waals surface area (Å²) in [5.41, 5.74) is 0. The first kappa shape index (κ1) is 12.0. The highest BCUT2D eigenvalue weighted by Gasteiger charge is 1.86. The molecule has 0 unspecified atom stereocenters. The third-order valence-corrected chi connectivity index (χ3v) is 1.36. The minimum Gasteiger partial charge on any atom is -0.494 e. The van der Waals surface area contributed by atoms with E-state index in [4.69, 9.17) is 4.74 Å². The summed E-state index contributed by atoms with van der Waals surface area (Å²) < 4.78 is 5.37. The third-order valence-electron chi connectivity index (χ3n) is 1.36. The van der Waals surface area contributed by atoms with Crippen molar-refractivity contribution in [1.82, 2.24) is 5.32 Å². The lowest BCUT2D eigenvalue weighted by Gasteiger charge is -2.01. The van der Waals surface area contributed by atoms with Gasteiger partial charge in [0.15, 0.2) is 0 Å². The molecule has 0 rings (SSSR count). The van der Waals surface area contributed by atoms with E-state index in [0.29, 0.717) is 6.61 Å². The van der Waals surface area contributed by atoms with E-state index < -0.39 is 0 Å². The minimum atomic E-state index is 0.704. The first-order valence-electron chi connectivity index (χ1n) is 4.62. The van der Waals surface area contributed by atoms with Crippen LogP contribution in [0.25, 0.3) is 0 Å². The fraction of sp³-hybridized carbons (Fsp3) is 0.455. The van der Waals surface area contributed by atoms with Crippen LogP contribution in [0.4, 0.5) is 0 Å². The molecule has 0 saturated heterocycles. The van der Waals surface area contributed by atoms with Crippen molar-refractivity contribution in [3.63, 3.8) is 0 Å². The molecule has 13 heavy (non-hydrogen) atoms. The number of ether oxygens (including phenoxy) is 1. The molecule has 0 saturated carbocycles. The maximum Gasteiger partial charge on any atom is 0.118 e. The second kappa shape index (κ2) is 9.07. The van der Waals surface area contributed by atoms with Crippen LogP contribution in [0.3, 0.4) is 0 Å². The highest BCUT2D eigenvalue weighted by Crippen LogP contribution is 1.99. The Morgan fingerprint density at radius 2 is 2.23 bits per heavy atom. The average Bonchev–Trinajstić information content (AvgIpc) is 2.13. The van der Waals surface area contributed by atoms with Crippen molar-refractivity contribution in [1.29, 1.82) is 0 Å². The van der Waals surface area contributed by atoms with Crippen LogP contribution in [0, 0.1) is 0 Å². The average molecular weight is 181 g/mol. The maximum atomic E-state index is 5.37. The van der Waals surface area contributed by atoms with Crippen LogP contribution >= 0.6 is 0 Å². The molecular weight excluding hydrogens is 162 g/mol. The van der Waals surface area contributed by atoms with E-state index in [9.17, 15) is 0 Å². The molecule has 0 radical (unpaired) electrons. The standard InChI is InChI=1S/C11H19NO/c1-4-8-11(13-5-2)9-6-7-10-12-3/h4,6-9,12H,5,10H2,1-3H3/b7-6+,8-4-,11-9+. The number of allylic oxidation sites excluding steroid dienone is 4. The molecule has 0 amide bonds. The van der Waals surface area contributed by atoms with E-state index in [0.717, 1.165) is 12.3 Å². The van der Waals surface area contributed by atoms with Crippen molar-refractivity contribution in [2.75, 3.05) is 20.2 Å². The molecule has 74 valence electrons. The second-order valence-corrected chi connectivity index (χ2v) is 2.49. The van der Waals surface area contributed by atoms with Gasteiger partial charge >= 0.3 is 0 Å². The Labute approximate surface area is 81.0 Å². The maximum absolute atomic E-state index is 5.37. The van der Waals surface area contributed by atoms with Crippen molar-refractivity contribution in [2.45, 2.75) is 13.8 Å². The molecule has 0 aromatic carbocycles. The molecule has 0 aliphatic heterocycles. The highest BCUT2D eigenvalue weighted by atomic mass is 16.5. The summed E-state index contributed by atoms with van der Waals surface area (Å²) in [7, 11) is 1.92. The van der Waals surface area contributed by atoms with Gasteiger partial charge in [-0.3, -0.25) is 0 Å². The van der Waals surface area contributed by atoms with Gasteiger partial charge in [0.05, 0.1) is 6.61 Å². The lowest BCUT2D eigenvalue weighted by Crippen LogP contribution is -2.03. The van der Waals surface area contributed by atoms with Gasteiger partial charge in [-0.1, -0.05) is 18.2 Å². The molecule has 0 spiro atoms. The number of hydrogen-bond donors (Lipinski definition) is 1. The van der Waals surface area contributed by atoms with E-state index in [1.54, 1.807) is 0 Å². The van der Waals surface area contributed by atoms with Gasteiger partial charge in [-0.25, -0.2) is 0 Å². The predicted octanol–water partition coefficient (Wildman–Crippen LogP) is 2.26. The van der Waals surface area contributed by atoms with Gasteiger partial charge < -0.3 is 10.1 Å². The molecule has 0 aliphatic rings. The quantitative estimate of drug-likeness (QED) is 0.501. The van der Waals surface area contributed by atoms with Crippen LogP contribution in [0.1, 0.15) is 13.8 Å². The Morgan fingerprint density at radius 1 is 1.46 bits per heavy atom. The Hall–Kier alpha value is -1.02. The molecule has 2 heteroatoms. The fourth-order valence-electron chi connectivity index (χ4n) is 0.831. The fourth-order valence-corrected chi connectivity index (χ4v) is 0.831. The van der Waals surface area contributed by atoms with E-state index in [1.807, 2.05) is 51.3 Å². The Bertz CT molecular complexity index is 192. The van der Waals surface area contributed by atoms with Gasteiger partial charge in [0.25, 0.3) is 0 Å². The lowest BCUT2D eigenvalue weighted by molar-refractivity contribution is 0.242. The normalized spacial score (nSPS) is 13.0. The number of nitrogens with one attached hydrogen (secondary N) is 1. The van der Waals surface area contributed by atoms with E-state index in [2.05, 4.69) is 5.32 Å². The molecule has 0 aliphatic carbocycles. The zero-order chi connectivity index (χ0) is 9.94. The zero-order valence-corrected chi connectivity index (χ0v) is 8.71. The molecule has 0 fully saturated rings. The van der Waals surface area contributed by atoms with Gasteiger partial charge in [-0.15, -0.1) is 0 Å². The molecule has 0 atom stereocenters. The minimum absolute atomic E-state index is 0.704. The van der Waals surface area contributed by atoms with Crippen molar-refractivity contribution >= 4 is 0 Å². The van der Waals surface area contributed by atoms with Crippen LogP contribution in [-0.4, -0.2) is 20.2 Å². The lowest BCUT2D eigenvalue weighted by atomic mass is 10.3. The smallest absolute Gasteiger partial charge is 0.118 e. The van der Waals surface area contributed by atoms with Crippen molar-refractivity contribution in [2.24, 2.45) is 0 Å². The van der Waals surface area contributed by atoms with E-state index in [1.165, 1.54) is 0 Å². The second-order valence-electron chi connectivity index (χ2n) is 2.49. The Kier molecular flexibility index (Phi) is 8.36. The summed E-state index contributed by atoms with van der Waals surface area (Å²) in [6.07, 6.45) is 9.91. The molecule has 0 heterocycles. The van der Waals surface area contributed by atoms with Gasteiger partial charge in [-0.2, -0.15) is 0 Å².